The number of nitrogens with zero attached hydrogens (tertiary/aromatic N) is 2. The number of aromatic nitrogens is 1. The van der Waals surface area contributed by atoms with Crippen molar-refractivity contribution in [3.8, 4) is 0 Å². The Morgan fingerprint density at radius 1 is 1.29 bits per heavy atom. The van der Waals surface area contributed by atoms with Crippen LogP contribution in [0.2, 0.25) is 0 Å². The Kier molecular flexibility index (Phi) is 8.76. The van der Waals surface area contributed by atoms with Crippen molar-refractivity contribution in [2.45, 2.75) is 19.3 Å². The minimum atomic E-state index is 0. The number of pyridine rings is 1. The summed E-state index contributed by atoms with van der Waals surface area (Å²) in [4.78, 5) is 19.0. The number of morpholine rings is 1. The van der Waals surface area contributed by atoms with Crippen LogP contribution in [0.25, 0.3) is 0 Å². The minimum Gasteiger partial charge on any atom is -0.378 e. The average Bonchev–Trinajstić information content (AvgIpc) is 3.05. The van der Waals surface area contributed by atoms with Gasteiger partial charge in [-0.2, -0.15) is 0 Å². The summed E-state index contributed by atoms with van der Waals surface area (Å²) in [5.41, 5.74) is 6.50. The van der Waals surface area contributed by atoms with Gasteiger partial charge in [0.05, 0.1) is 25.1 Å². The summed E-state index contributed by atoms with van der Waals surface area (Å²) in [5.74, 6) is 1.38. The normalized spacial score (nSPS) is 23.1. The number of ether oxygens (including phenoxy) is 1. The molecule has 6 nitrogen and oxygen atoms in total. The van der Waals surface area contributed by atoms with Gasteiger partial charge in [0.15, 0.2) is 0 Å². The number of anilines is 2. The van der Waals surface area contributed by atoms with Crippen LogP contribution >= 0.6 is 24.8 Å². The van der Waals surface area contributed by atoms with Crippen molar-refractivity contribution in [2.75, 3.05) is 43.1 Å². The second kappa shape index (κ2) is 10.0. The summed E-state index contributed by atoms with van der Waals surface area (Å²) in [7, 11) is 0. The Hall–Kier alpha value is -1.08. The molecule has 2 atom stereocenters. The van der Waals surface area contributed by atoms with Crippen molar-refractivity contribution in [2.24, 2.45) is 17.6 Å². The van der Waals surface area contributed by atoms with Crippen molar-refractivity contribution >= 4 is 42.2 Å². The van der Waals surface area contributed by atoms with Gasteiger partial charge in [-0.3, -0.25) is 4.79 Å². The molecule has 0 aromatic carbocycles. The van der Waals surface area contributed by atoms with Crippen LogP contribution in [-0.4, -0.2) is 43.7 Å². The van der Waals surface area contributed by atoms with Crippen molar-refractivity contribution < 1.29 is 9.53 Å². The molecule has 1 aliphatic carbocycles. The number of nitrogens with two attached hydrogens (primary N) is 1. The van der Waals surface area contributed by atoms with Crippen LogP contribution in [0.3, 0.4) is 0 Å². The first kappa shape index (κ1) is 21.0. The van der Waals surface area contributed by atoms with Gasteiger partial charge < -0.3 is 20.7 Å². The lowest BCUT2D eigenvalue weighted by Gasteiger charge is -2.27. The van der Waals surface area contributed by atoms with E-state index in [4.69, 9.17) is 10.5 Å². The highest BCUT2D eigenvalue weighted by molar-refractivity contribution is 5.92. The van der Waals surface area contributed by atoms with E-state index in [-0.39, 0.29) is 36.6 Å². The second-order valence-corrected chi connectivity index (χ2v) is 6.03. The van der Waals surface area contributed by atoms with E-state index >= 15 is 0 Å². The first-order chi connectivity index (χ1) is 10.8. The highest BCUT2D eigenvalue weighted by Crippen LogP contribution is 2.31. The van der Waals surface area contributed by atoms with E-state index in [1.165, 1.54) is 0 Å². The average molecular weight is 377 g/mol. The molecule has 136 valence electrons. The molecule has 1 aromatic heterocycles. The molecule has 1 saturated heterocycles. The van der Waals surface area contributed by atoms with Crippen molar-refractivity contribution in [3.63, 3.8) is 0 Å². The Balaban J connectivity index is 0.00000144. The molecule has 8 heteroatoms. The van der Waals surface area contributed by atoms with E-state index in [9.17, 15) is 4.79 Å². The van der Waals surface area contributed by atoms with E-state index < -0.39 is 0 Å². The Morgan fingerprint density at radius 3 is 2.67 bits per heavy atom. The van der Waals surface area contributed by atoms with Gasteiger partial charge in [0, 0.05) is 19.0 Å². The Bertz CT molecular complexity index is 509. The third-order valence-corrected chi connectivity index (χ3v) is 4.65. The van der Waals surface area contributed by atoms with Crippen LogP contribution in [0.1, 0.15) is 19.3 Å². The molecule has 1 amide bonds. The van der Waals surface area contributed by atoms with E-state index in [1.807, 2.05) is 12.1 Å². The highest BCUT2D eigenvalue weighted by atomic mass is 35.5. The molecule has 2 heterocycles. The fourth-order valence-electron chi connectivity index (χ4n) is 3.34. The number of nitrogens with one attached hydrogen (secondary N) is 1. The summed E-state index contributed by atoms with van der Waals surface area (Å²) in [6.45, 7) is 3.79. The largest absolute Gasteiger partial charge is 0.378 e. The van der Waals surface area contributed by atoms with E-state index in [2.05, 4.69) is 15.2 Å². The molecule has 0 unspecified atom stereocenters. The maximum absolute atomic E-state index is 12.3. The van der Waals surface area contributed by atoms with Gasteiger partial charge in [-0.25, -0.2) is 4.98 Å². The monoisotopic (exact) mass is 376 g/mol. The number of carbonyl (C=O) groups is 1. The molecule has 1 saturated carbocycles. The second-order valence-electron chi connectivity index (χ2n) is 6.03. The summed E-state index contributed by atoms with van der Waals surface area (Å²) in [6, 6.07) is 3.87. The van der Waals surface area contributed by atoms with Crippen LogP contribution < -0.4 is 16.0 Å². The molecule has 3 rings (SSSR count). The Labute approximate surface area is 155 Å². The van der Waals surface area contributed by atoms with Crippen molar-refractivity contribution in [3.05, 3.63) is 18.3 Å². The predicted molar refractivity (Wildman–Crippen MR) is 100 cm³/mol. The zero-order valence-corrected chi connectivity index (χ0v) is 15.3. The molecule has 0 bridgehead atoms. The summed E-state index contributed by atoms with van der Waals surface area (Å²) >= 11 is 0. The smallest absolute Gasteiger partial charge is 0.227 e. The maximum Gasteiger partial charge on any atom is 0.227 e. The number of rotatable bonds is 4. The predicted octanol–water partition coefficient (Wildman–Crippen LogP) is 2.08. The van der Waals surface area contributed by atoms with Crippen LogP contribution in [0.4, 0.5) is 11.5 Å². The number of hydrogen-bond donors (Lipinski definition) is 2. The summed E-state index contributed by atoms with van der Waals surface area (Å²) < 4.78 is 5.34. The molecule has 1 aromatic rings. The molecular weight excluding hydrogens is 351 g/mol. The van der Waals surface area contributed by atoms with E-state index in [0.717, 1.165) is 57.1 Å². The van der Waals surface area contributed by atoms with Crippen LogP contribution in [0, 0.1) is 11.8 Å². The van der Waals surface area contributed by atoms with E-state index in [0.29, 0.717) is 12.5 Å². The fourth-order valence-corrected chi connectivity index (χ4v) is 3.34. The van der Waals surface area contributed by atoms with Crippen molar-refractivity contribution in [1.82, 2.24) is 4.98 Å². The molecule has 0 spiro atoms. The van der Waals surface area contributed by atoms with Gasteiger partial charge in [-0.05, 0) is 37.4 Å². The number of amides is 1. The van der Waals surface area contributed by atoms with Gasteiger partial charge in [0.25, 0.3) is 0 Å². The Morgan fingerprint density at radius 2 is 2.04 bits per heavy atom. The van der Waals surface area contributed by atoms with Crippen LogP contribution in [-0.2, 0) is 9.53 Å². The zero-order chi connectivity index (χ0) is 15.4. The zero-order valence-electron chi connectivity index (χ0n) is 13.6. The molecular formula is C16H26Cl2N4O2. The molecule has 3 N–H and O–H groups in total. The molecule has 0 radical (unpaired) electrons. The standard InChI is InChI=1S/C16H24N4O2.2ClH/c17-10-12-2-1-3-14(12)16(21)19-13-4-5-15(18-11-13)20-6-8-22-9-7-20;;/h4-5,11-12,14H,1-3,6-10,17H2,(H,19,21);2*1H/t12-,14-;;/m1../s1. The number of halogens is 2. The fraction of sp³-hybridized carbons (Fsp3) is 0.625. The summed E-state index contributed by atoms with van der Waals surface area (Å²) in [5, 5.41) is 2.98. The molecule has 1 aliphatic heterocycles. The first-order valence-electron chi connectivity index (χ1n) is 8.07. The van der Waals surface area contributed by atoms with Gasteiger partial charge in [-0.15, -0.1) is 24.8 Å². The SMILES string of the molecule is Cl.Cl.NC[C@H]1CCC[C@H]1C(=O)Nc1ccc(N2CCOCC2)nc1. The lowest BCUT2D eigenvalue weighted by Crippen LogP contribution is -2.36. The van der Waals surface area contributed by atoms with Gasteiger partial charge in [0.2, 0.25) is 5.91 Å². The number of carbonyl (C=O) groups excluding carboxylic acids is 1. The number of hydrogen-bond acceptors (Lipinski definition) is 5. The highest BCUT2D eigenvalue weighted by Gasteiger charge is 2.31. The van der Waals surface area contributed by atoms with Gasteiger partial charge >= 0.3 is 0 Å². The maximum atomic E-state index is 12.3. The lowest BCUT2D eigenvalue weighted by molar-refractivity contribution is -0.120. The van der Waals surface area contributed by atoms with Gasteiger partial charge in [0.1, 0.15) is 5.82 Å². The van der Waals surface area contributed by atoms with Crippen LogP contribution in [0.5, 0.6) is 0 Å². The quantitative estimate of drug-likeness (QED) is 0.840. The topological polar surface area (TPSA) is 80.5 Å². The van der Waals surface area contributed by atoms with Gasteiger partial charge in [-0.1, -0.05) is 6.42 Å². The molecule has 24 heavy (non-hydrogen) atoms. The summed E-state index contributed by atoms with van der Waals surface area (Å²) in [6.07, 6.45) is 4.82. The molecule has 2 fully saturated rings. The third-order valence-electron chi connectivity index (χ3n) is 4.65. The van der Waals surface area contributed by atoms with Crippen LogP contribution in [0.15, 0.2) is 18.3 Å². The lowest BCUT2D eigenvalue weighted by atomic mass is 9.95. The van der Waals surface area contributed by atoms with Crippen molar-refractivity contribution in [1.29, 1.82) is 0 Å². The third kappa shape index (κ3) is 4.96. The molecule has 2 aliphatic rings. The first-order valence-corrected chi connectivity index (χ1v) is 8.07. The van der Waals surface area contributed by atoms with E-state index in [1.54, 1.807) is 6.20 Å². The minimum absolute atomic E-state index is 0.